The van der Waals surface area contributed by atoms with Gasteiger partial charge < -0.3 is 0 Å². The molecule has 0 radical (unpaired) electrons. The summed E-state index contributed by atoms with van der Waals surface area (Å²) in [4.78, 5) is 0. The van der Waals surface area contributed by atoms with Gasteiger partial charge in [-0.3, -0.25) is 0 Å². The fourth-order valence-electron chi connectivity index (χ4n) is 4.07. The first kappa shape index (κ1) is 32.1. The van der Waals surface area contributed by atoms with Crippen molar-refractivity contribution in [2.24, 2.45) is 0 Å². The minimum atomic E-state index is -4.13. The van der Waals surface area contributed by atoms with Crippen LogP contribution in [0.1, 0.15) is 27.7 Å². The molecule has 5 nitrogen and oxygen atoms in total. The average molecular weight is 827 g/mol. The van der Waals surface area contributed by atoms with Gasteiger partial charge in [0.25, 0.3) is 0 Å². The van der Waals surface area contributed by atoms with Gasteiger partial charge in [0, 0.05) is 0 Å². The van der Waals surface area contributed by atoms with Crippen LogP contribution < -0.4 is 33.4 Å². The molecular formula is C32H36Cl2O5Te2. The van der Waals surface area contributed by atoms with Crippen LogP contribution in [-0.2, 0) is 1.47 Å². The van der Waals surface area contributed by atoms with Gasteiger partial charge in [-0.1, -0.05) is 0 Å². The molecule has 4 rings (SSSR count). The van der Waals surface area contributed by atoms with Crippen LogP contribution >= 0.6 is 17.9 Å². The molecule has 4 aromatic carbocycles. The second-order valence-corrected chi connectivity index (χ2v) is 28.4. The Hall–Kier alpha value is -1.80. The van der Waals surface area contributed by atoms with Crippen molar-refractivity contribution in [3.05, 3.63) is 97.1 Å². The van der Waals surface area contributed by atoms with Gasteiger partial charge in [-0.25, -0.2) is 0 Å². The first-order valence-electron chi connectivity index (χ1n) is 13.5. The zero-order valence-corrected chi connectivity index (χ0v) is 29.9. The summed E-state index contributed by atoms with van der Waals surface area (Å²) in [6.07, 6.45) is 0. The molecular weight excluding hydrogens is 790 g/mol. The molecule has 0 spiro atoms. The van der Waals surface area contributed by atoms with E-state index in [0.717, 1.165) is 37.4 Å². The fourth-order valence-corrected chi connectivity index (χ4v) is 34.7. The van der Waals surface area contributed by atoms with Gasteiger partial charge in [-0.05, 0) is 0 Å². The molecule has 0 amide bonds. The molecule has 0 aliphatic carbocycles. The number of halogens is 2. The molecule has 0 N–H and O–H groups in total. The van der Waals surface area contributed by atoms with Crippen LogP contribution in [-0.4, -0.2) is 61.4 Å². The van der Waals surface area contributed by atoms with E-state index >= 15 is 0 Å². The zero-order valence-electron chi connectivity index (χ0n) is 23.7. The summed E-state index contributed by atoms with van der Waals surface area (Å²) in [6.45, 7) is 10.2. The van der Waals surface area contributed by atoms with Gasteiger partial charge in [-0.2, -0.15) is 0 Å². The molecule has 0 aliphatic heterocycles. The molecule has 9 heteroatoms. The van der Waals surface area contributed by atoms with Crippen LogP contribution in [0.3, 0.4) is 0 Å². The first-order chi connectivity index (χ1) is 19.9. The van der Waals surface area contributed by atoms with E-state index in [1.165, 1.54) is 0 Å². The van der Waals surface area contributed by atoms with E-state index in [0.29, 0.717) is 26.4 Å². The normalized spacial score (nSPS) is 12.4. The van der Waals surface area contributed by atoms with Crippen molar-refractivity contribution in [1.29, 1.82) is 0 Å². The molecule has 220 valence electrons. The number of ether oxygens (including phenoxy) is 4. The molecule has 41 heavy (non-hydrogen) atoms. The van der Waals surface area contributed by atoms with E-state index in [4.69, 9.17) is 38.3 Å². The Morgan fingerprint density at radius 1 is 0.390 bits per heavy atom. The van der Waals surface area contributed by atoms with Crippen LogP contribution in [0.15, 0.2) is 97.1 Å². The molecule has 4 aromatic rings. The molecule has 0 saturated heterocycles. The Bertz CT molecular complexity index is 1160. The van der Waals surface area contributed by atoms with Crippen LogP contribution in [0.25, 0.3) is 0 Å². The van der Waals surface area contributed by atoms with Gasteiger partial charge in [0.15, 0.2) is 0 Å². The van der Waals surface area contributed by atoms with Crippen molar-refractivity contribution in [3.63, 3.8) is 0 Å². The van der Waals surface area contributed by atoms with E-state index in [2.05, 4.69) is 0 Å². The standard InChI is InChI=1S/C32H36Cl2O5Te2/c1-5-35-25-9-17-29(18-10-25)40(33,30-19-11-26(12-20-30)36-6-2)39-41(34,31-21-13-27(14-22-31)37-7-3)32-23-15-28(16-24-32)38-8-4/h9-24H,5-8H2,1-4H3. The molecule has 0 aromatic heterocycles. The number of hydrogen-bond acceptors (Lipinski definition) is 5. The summed E-state index contributed by atoms with van der Waals surface area (Å²) in [6, 6.07) is 31.6. The van der Waals surface area contributed by atoms with Crippen LogP contribution in [0, 0.1) is 0 Å². The molecule has 0 heterocycles. The summed E-state index contributed by atoms with van der Waals surface area (Å²) < 4.78 is 33.8. The summed E-state index contributed by atoms with van der Waals surface area (Å²) in [7, 11) is 15.6. The number of rotatable bonds is 14. The monoisotopic (exact) mass is 830 g/mol. The summed E-state index contributed by atoms with van der Waals surface area (Å²) in [5, 5.41) is 0. The number of hydrogen-bond donors (Lipinski definition) is 0. The van der Waals surface area contributed by atoms with Crippen molar-refractivity contribution in [2.75, 3.05) is 26.4 Å². The second-order valence-electron chi connectivity index (χ2n) is 8.66. The fraction of sp³-hybridized carbons (Fsp3) is 0.250. The van der Waals surface area contributed by atoms with Crippen molar-refractivity contribution >= 4 is 67.3 Å². The SMILES string of the molecule is CCOc1ccc([Te](Cl)(O[Te](Cl)(c2ccc(OCC)cc2)c2ccc(OCC)cc2)c2ccc(OCC)cc2)cc1. The Kier molecular flexibility index (Phi) is 11.8. The number of benzene rings is 4. The molecule has 0 atom stereocenters. The molecule has 0 saturated carbocycles. The van der Waals surface area contributed by atoms with E-state index in [1.807, 2.05) is 125 Å². The third-order valence-corrected chi connectivity index (χ3v) is 33.6. The Morgan fingerprint density at radius 3 is 0.756 bits per heavy atom. The van der Waals surface area contributed by atoms with E-state index < -0.39 is 34.9 Å². The van der Waals surface area contributed by atoms with E-state index in [9.17, 15) is 0 Å². The van der Waals surface area contributed by atoms with Gasteiger partial charge in [-0.15, -0.1) is 0 Å². The zero-order chi connectivity index (χ0) is 29.3. The van der Waals surface area contributed by atoms with Crippen molar-refractivity contribution in [2.45, 2.75) is 27.7 Å². The third kappa shape index (κ3) is 7.78. The van der Waals surface area contributed by atoms with Crippen molar-refractivity contribution in [1.82, 2.24) is 0 Å². The minimum absolute atomic E-state index is 0.581. The first-order valence-corrected chi connectivity index (χ1v) is 26.0. The quantitative estimate of drug-likeness (QED) is 0.156. The van der Waals surface area contributed by atoms with E-state index in [-0.39, 0.29) is 0 Å². The summed E-state index contributed by atoms with van der Waals surface area (Å²) >= 11 is -8.27. The third-order valence-electron chi connectivity index (χ3n) is 5.94. The van der Waals surface area contributed by atoms with Crippen molar-refractivity contribution < 1.29 is 20.4 Å². The molecule has 0 fully saturated rings. The predicted octanol–water partition coefficient (Wildman–Crippen LogP) is 5.59. The maximum atomic E-state index is 7.79. The summed E-state index contributed by atoms with van der Waals surface area (Å²) in [5.74, 6) is 3.12. The van der Waals surface area contributed by atoms with Crippen LogP contribution in [0.4, 0.5) is 0 Å². The summed E-state index contributed by atoms with van der Waals surface area (Å²) in [5.41, 5.74) is 0. The van der Waals surface area contributed by atoms with Crippen molar-refractivity contribution in [3.8, 4) is 23.0 Å². The Balaban J connectivity index is 1.86. The van der Waals surface area contributed by atoms with Gasteiger partial charge in [0.1, 0.15) is 0 Å². The van der Waals surface area contributed by atoms with Gasteiger partial charge >= 0.3 is 262 Å². The second kappa shape index (κ2) is 15.1. The Morgan fingerprint density at radius 2 is 0.585 bits per heavy atom. The predicted molar refractivity (Wildman–Crippen MR) is 173 cm³/mol. The van der Waals surface area contributed by atoms with Crippen LogP contribution in [0.2, 0.25) is 0 Å². The Labute approximate surface area is 259 Å². The van der Waals surface area contributed by atoms with Gasteiger partial charge in [0.2, 0.25) is 0 Å². The maximum absolute atomic E-state index is 7.79. The van der Waals surface area contributed by atoms with Crippen LogP contribution in [0.5, 0.6) is 23.0 Å². The van der Waals surface area contributed by atoms with Gasteiger partial charge in [0.05, 0.1) is 0 Å². The van der Waals surface area contributed by atoms with E-state index in [1.54, 1.807) is 0 Å². The molecule has 0 bridgehead atoms. The molecule has 0 unspecified atom stereocenters. The molecule has 0 aliphatic rings. The average Bonchev–Trinajstić information content (AvgIpc) is 2.99. The topological polar surface area (TPSA) is 46.2 Å².